The fourth-order valence-corrected chi connectivity index (χ4v) is 3.62. The number of hydrogen-bond donors (Lipinski definition) is 1. The fourth-order valence-electron chi connectivity index (χ4n) is 2.62. The van der Waals surface area contributed by atoms with E-state index in [0.717, 1.165) is 4.88 Å². The predicted molar refractivity (Wildman–Crippen MR) is 106 cm³/mol. The highest BCUT2D eigenvalue weighted by Crippen LogP contribution is 2.31. The van der Waals surface area contributed by atoms with E-state index in [0.29, 0.717) is 41.7 Å². The number of carbonyl (C=O) groups excluding carboxylic acids is 3. The maximum Gasteiger partial charge on any atom is 0.341 e. The van der Waals surface area contributed by atoms with Crippen molar-refractivity contribution in [2.75, 3.05) is 31.7 Å². The van der Waals surface area contributed by atoms with E-state index in [9.17, 15) is 14.4 Å². The number of amides is 1. The van der Waals surface area contributed by atoms with Crippen molar-refractivity contribution in [3.63, 3.8) is 0 Å². The first kappa shape index (κ1) is 20.7. The quantitative estimate of drug-likeness (QED) is 0.689. The van der Waals surface area contributed by atoms with Gasteiger partial charge in [0.05, 0.1) is 17.7 Å². The lowest BCUT2D eigenvalue weighted by atomic mass is 10.2. The van der Waals surface area contributed by atoms with Crippen molar-refractivity contribution in [3.05, 3.63) is 40.3 Å². The summed E-state index contributed by atoms with van der Waals surface area (Å²) in [4.78, 5) is 37.5. The average molecular weight is 419 g/mol. The summed E-state index contributed by atoms with van der Waals surface area (Å²) in [6, 6.07) is 6.37. The number of anilines is 1. The van der Waals surface area contributed by atoms with Gasteiger partial charge in [-0.15, -0.1) is 11.3 Å². The summed E-state index contributed by atoms with van der Waals surface area (Å²) in [5.74, 6) is -0.706. The Balaban J connectivity index is 1.60. The third-order valence-corrected chi connectivity index (χ3v) is 5.19. The number of ether oxygens (including phenoxy) is 4. The van der Waals surface area contributed by atoms with Crippen molar-refractivity contribution in [3.8, 4) is 11.5 Å². The number of hydrogen-bond acceptors (Lipinski definition) is 8. The molecule has 1 N–H and O–H groups in total. The zero-order chi connectivity index (χ0) is 20.8. The lowest BCUT2D eigenvalue weighted by Crippen LogP contribution is -2.22. The number of aryl methyl sites for hydroxylation is 1. The van der Waals surface area contributed by atoms with E-state index in [-0.39, 0.29) is 12.2 Å². The minimum absolute atomic E-state index is 0.233. The third-order valence-electron chi connectivity index (χ3n) is 3.99. The molecular formula is C20H21NO7S. The first-order valence-corrected chi connectivity index (χ1v) is 10.00. The van der Waals surface area contributed by atoms with Gasteiger partial charge in [-0.05, 0) is 37.6 Å². The standard InChI is InChI=1S/C20H21NO7S/c1-3-13-10-14(20(24)25-4-2)18(29-13)21-17(22)11-28-19(23)12-5-6-15-16(9-12)27-8-7-26-15/h5-6,9-10H,3-4,7-8,11H2,1-2H3,(H,21,22). The van der Waals surface area contributed by atoms with Gasteiger partial charge in [-0.1, -0.05) is 6.92 Å². The summed E-state index contributed by atoms with van der Waals surface area (Å²) in [5, 5.41) is 2.99. The molecule has 1 aliphatic rings. The van der Waals surface area contributed by atoms with E-state index in [1.165, 1.54) is 17.4 Å². The molecule has 0 fully saturated rings. The van der Waals surface area contributed by atoms with Gasteiger partial charge in [-0.3, -0.25) is 4.79 Å². The van der Waals surface area contributed by atoms with E-state index < -0.39 is 24.5 Å². The summed E-state index contributed by atoms with van der Waals surface area (Å²) in [7, 11) is 0. The lowest BCUT2D eigenvalue weighted by molar-refractivity contribution is -0.119. The molecular weight excluding hydrogens is 398 g/mol. The zero-order valence-electron chi connectivity index (χ0n) is 16.1. The molecule has 1 aromatic heterocycles. The van der Waals surface area contributed by atoms with Crippen LogP contribution in [0.2, 0.25) is 0 Å². The van der Waals surface area contributed by atoms with Crippen LogP contribution in [0.5, 0.6) is 11.5 Å². The van der Waals surface area contributed by atoms with Crippen LogP contribution in [0, 0.1) is 0 Å². The molecule has 1 aromatic carbocycles. The molecule has 3 rings (SSSR count). The molecule has 2 heterocycles. The molecule has 0 radical (unpaired) electrons. The predicted octanol–water partition coefficient (Wildman–Crippen LogP) is 3.05. The Morgan fingerprint density at radius 3 is 2.52 bits per heavy atom. The van der Waals surface area contributed by atoms with E-state index in [2.05, 4.69) is 5.32 Å². The smallest absolute Gasteiger partial charge is 0.341 e. The number of thiophene rings is 1. The third kappa shape index (κ3) is 5.05. The minimum Gasteiger partial charge on any atom is -0.486 e. The van der Waals surface area contributed by atoms with E-state index in [4.69, 9.17) is 18.9 Å². The number of fused-ring (bicyclic) bond motifs is 1. The van der Waals surface area contributed by atoms with Crippen molar-refractivity contribution in [1.82, 2.24) is 0 Å². The summed E-state index contributed by atoms with van der Waals surface area (Å²) >= 11 is 1.28. The zero-order valence-corrected chi connectivity index (χ0v) is 16.9. The van der Waals surface area contributed by atoms with Gasteiger partial charge < -0.3 is 24.3 Å². The summed E-state index contributed by atoms with van der Waals surface area (Å²) in [5.41, 5.74) is 0.541. The van der Waals surface area contributed by atoms with Crippen molar-refractivity contribution in [1.29, 1.82) is 0 Å². The van der Waals surface area contributed by atoms with E-state index >= 15 is 0 Å². The molecule has 154 valence electrons. The second-order valence-electron chi connectivity index (χ2n) is 6.01. The highest BCUT2D eigenvalue weighted by Gasteiger charge is 2.20. The topological polar surface area (TPSA) is 100 Å². The largest absolute Gasteiger partial charge is 0.486 e. The number of esters is 2. The molecule has 0 aliphatic carbocycles. The Morgan fingerprint density at radius 2 is 1.79 bits per heavy atom. The monoisotopic (exact) mass is 419 g/mol. The van der Waals surface area contributed by atoms with Crippen LogP contribution in [-0.4, -0.2) is 44.3 Å². The first-order chi connectivity index (χ1) is 14.0. The lowest BCUT2D eigenvalue weighted by Gasteiger charge is -2.18. The van der Waals surface area contributed by atoms with Gasteiger partial charge in [0.1, 0.15) is 18.2 Å². The molecule has 2 aromatic rings. The molecule has 0 atom stereocenters. The van der Waals surface area contributed by atoms with Gasteiger partial charge in [0, 0.05) is 4.88 Å². The molecule has 0 spiro atoms. The Labute approximate surface area is 171 Å². The van der Waals surface area contributed by atoms with Crippen LogP contribution in [0.3, 0.4) is 0 Å². The van der Waals surface area contributed by atoms with Gasteiger partial charge >= 0.3 is 11.9 Å². The number of benzene rings is 1. The van der Waals surface area contributed by atoms with Crippen LogP contribution in [0.15, 0.2) is 24.3 Å². The van der Waals surface area contributed by atoms with Gasteiger partial charge in [-0.25, -0.2) is 9.59 Å². The number of carbonyl (C=O) groups is 3. The molecule has 29 heavy (non-hydrogen) atoms. The van der Waals surface area contributed by atoms with Crippen molar-refractivity contribution in [2.24, 2.45) is 0 Å². The number of nitrogens with one attached hydrogen (secondary N) is 1. The van der Waals surface area contributed by atoms with Gasteiger partial charge in [0.15, 0.2) is 18.1 Å². The Morgan fingerprint density at radius 1 is 1.03 bits per heavy atom. The fraction of sp³-hybridized carbons (Fsp3) is 0.350. The normalized spacial score (nSPS) is 12.2. The van der Waals surface area contributed by atoms with E-state index in [1.807, 2.05) is 6.92 Å². The maximum atomic E-state index is 12.2. The molecule has 0 unspecified atom stereocenters. The first-order valence-electron chi connectivity index (χ1n) is 9.18. The van der Waals surface area contributed by atoms with Crippen molar-refractivity contribution >= 4 is 34.2 Å². The second-order valence-corrected chi connectivity index (χ2v) is 7.15. The Kier molecular flexibility index (Phi) is 6.71. The second kappa shape index (κ2) is 9.42. The Hall–Kier alpha value is -3.07. The molecule has 0 saturated heterocycles. The average Bonchev–Trinajstić information content (AvgIpc) is 3.14. The Bertz CT molecular complexity index is 922. The molecule has 0 bridgehead atoms. The minimum atomic E-state index is -0.664. The van der Waals surface area contributed by atoms with Crippen LogP contribution < -0.4 is 14.8 Å². The molecule has 0 saturated carbocycles. The molecule has 1 aliphatic heterocycles. The summed E-state index contributed by atoms with van der Waals surface area (Å²) < 4.78 is 20.9. The van der Waals surface area contributed by atoms with Gasteiger partial charge in [0.25, 0.3) is 5.91 Å². The van der Waals surface area contributed by atoms with E-state index in [1.54, 1.807) is 25.1 Å². The van der Waals surface area contributed by atoms with Crippen molar-refractivity contribution < 1.29 is 33.3 Å². The SMILES string of the molecule is CCOC(=O)c1cc(CC)sc1NC(=O)COC(=O)c1ccc2c(c1)OCCO2. The van der Waals surface area contributed by atoms with Crippen LogP contribution in [0.4, 0.5) is 5.00 Å². The number of rotatable bonds is 7. The van der Waals surface area contributed by atoms with Crippen LogP contribution in [0.1, 0.15) is 39.4 Å². The highest BCUT2D eigenvalue weighted by molar-refractivity contribution is 7.16. The molecule has 9 heteroatoms. The van der Waals surface area contributed by atoms with Crippen molar-refractivity contribution in [2.45, 2.75) is 20.3 Å². The van der Waals surface area contributed by atoms with Gasteiger partial charge in [-0.2, -0.15) is 0 Å². The van der Waals surface area contributed by atoms with Crippen LogP contribution in [-0.2, 0) is 20.7 Å². The maximum absolute atomic E-state index is 12.2. The van der Waals surface area contributed by atoms with Crippen LogP contribution >= 0.6 is 11.3 Å². The molecule has 8 nitrogen and oxygen atoms in total. The molecule has 1 amide bonds. The highest BCUT2D eigenvalue weighted by atomic mass is 32.1. The summed E-state index contributed by atoms with van der Waals surface area (Å²) in [6.07, 6.45) is 0.714. The van der Waals surface area contributed by atoms with Gasteiger partial charge in [0.2, 0.25) is 0 Å². The summed E-state index contributed by atoms with van der Waals surface area (Å²) in [6.45, 7) is 4.25. The van der Waals surface area contributed by atoms with Crippen LogP contribution in [0.25, 0.3) is 0 Å².